The number of nitrogens with one attached hydrogen (secondary N) is 1. The van der Waals surface area contributed by atoms with Gasteiger partial charge in [0.15, 0.2) is 0 Å². The number of halogens is 2. The van der Waals surface area contributed by atoms with Crippen LogP contribution in [0.25, 0.3) is 0 Å². The number of nitrogens with two attached hydrogens (primary N) is 1. The summed E-state index contributed by atoms with van der Waals surface area (Å²) in [7, 11) is 0. The molecule has 0 aliphatic rings. The van der Waals surface area contributed by atoms with Crippen LogP contribution in [0.15, 0.2) is 45.3 Å². The molecule has 0 radical (unpaired) electrons. The second-order valence-electron chi connectivity index (χ2n) is 3.67. The van der Waals surface area contributed by atoms with Crippen molar-refractivity contribution in [2.45, 2.75) is 0 Å². The highest BCUT2D eigenvalue weighted by molar-refractivity contribution is 9.11. The number of rotatable bonds is 2. The van der Waals surface area contributed by atoms with Crippen LogP contribution in [-0.2, 0) is 0 Å². The molecule has 0 atom stereocenters. The SMILES string of the molecule is N#Cc1ccc(Nc2ccc(N)cc2Br)c(Br)c1. The van der Waals surface area contributed by atoms with Gasteiger partial charge >= 0.3 is 0 Å². The van der Waals surface area contributed by atoms with Gasteiger partial charge in [0.1, 0.15) is 0 Å². The summed E-state index contributed by atoms with van der Waals surface area (Å²) in [6, 6.07) is 13.0. The van der Waals surface area contributed by atoms with Crippen LogP contribution in [0.2, 0.25) is 0 Å². The third-order valence-electron chi connectivity index (χ3n) is 2.36. The number of nitriles is 1. The van der Waals surface area contributed by atoms with Gasteiger partial charge in [0.05, 0.1) is 23.0 Å². The molecule has 2 rings (SSSR count). The molecule has 5 heteroatoms. The average Bonchev–Trinajstić information content (AvgIpc) is 2.34. The van der Waals surface area contributed by atoms with E-state index in [0.29, 0.717) is 11.3 Å². The zero-order valence-corrected chi connectivity index (χ0v) is 12.4. The minimum atomic E-state index is 0.615. The lowest BCUT2D eigenvalue weighted by Crippen LogP contribution is -1.94. The number of hydrogen-bond donors (Lipinski definition) is 2. The molecule has 0 saturated heterocycles. The smallest absolute Gasteiger partial charge is 0.0992 e. The molecule has 0 aliphatic heterocycles. The van der Waals surface area contributed by atoms with E-state index in [0.717, 1.165) is 20.3 Å². The monoisotopic (exact) mass is 365 g/mol. The highest BCUT2D eigenvalue weighted by Gasteiger charge is 2.04. The first-order valence-electron chi connectivity index (χ1n) is 5.12. The summed E-state index contributed by atoms with van der Waals surface area (Å²) in [5, 5.41) is 12.1. The first-order valence-corrected chi connectivity index (χ1v) is 6.70. The molecular weight excluding hydrogens is 358 g/mol. The predicted octanol–water partition coefficient (Wildman–Crippen LogP) is 4.41. The fraction of sp³-hybridized carbons (Fsp3) is 0. The topological polar surface area (TPSA) is 61.8 Å². The summed E-state index contributed by atoms with van der Waals surface area (Å²) in [5.41, 5.74) is 8.80. The fourth-order valence-corrected chi connectivity index (χ4v) is 2.44. The summed E-state index contributed by atoms with van der Waals surface area (Å²) in [5.74, 6) is 0. The van der Waals surface area contributed by atoms with Gasteiger partial charge in [-0.25, -0.2) is 0 Å². The molecule has 0 fully saturated rings. The number of nitrogen functional groups attached to an aromatic ring is 1. The summed E-state index contributed by atoms with van der Waals surface area (Å²) in [6.07, 6.45) is 0. The molecule has 2 aromatic rings. The third kappa shape index (κ3) is 2.84. The Bertz CT molecular complexity index is 633. The van der Waals surface area contributed by atoms with Crippen molar-refractivity contribution in [2.24, 2.45) is 0 Å². The Kier molecular flexibility index (Phi) is 3.90. The quantitative estimate of drug-likeness (QED) is 0.774. The molecule has 90 valence electrons. The van der Waals surface area contributed by atoms with Crippen molar-refractivity contribution in [3.8, 4) is 6.07 Å². The average molecular weight is 367 g/mol. The van der Waals surface area contributed by atoms with Gasteiger partial charge in [-0.2, -0.15) is 5.26 Å². The van der Waals surface area contributed by atoms with E-state index in [1.807, 2.05) is 24.3 Å². The van der Waals surface area contributed by atoms with Crippen molar-refractivity contribution in [1.82, 2.24) is 0 Å². The minimum Gasteiger partial charge on any atom is -0.399 e. The highest BCUT2D eigenvalue weighted by Crippen LogP contribution is 2.31. The molecule has 3 N–H and O–H groups in total. The van der Waals surface area contributed by atoms with E-state index in [4.69, 9.17) is 11.0 Å². The number of benzene rings is 2. The van der Waals surface area contributed by atoms with E-state index in [1.165, 1.54) is 0 Å². The van der Waals surface area contributed by atoms with Crippen LogP contribution in [0, 0.1) is 11.3 Å². The normalized spacial score (nSPS) is 9.83. The first-order chi connectivity index (χ1) is 8.60. The lowest BCUT2D eigenvalue weighted by atomic mass is 10.2. The fourth-order valence-electron chi connectivity index (χ4n) is 1.46. The van der Waals surface area contributed by atoms with Crippen molar-refractivity contribution in [3.05, 3.63) is 50.9 Å². The van der Waals surface area contributed by atoms with Gasteiger partial charge in [0.25, 0.3) is 0 Å². The van der Waals surface area contributed by atoms with Crippen LogP contribution < -0.4 is 11.1 Å². The lowest BCUT2D eigenvalue weighted by molar-refractivity contribution is 1.45. The third-order valence-corrected chi connectivity index (χ3v) is 3.67. The summed E-state index contributed by atoms with van der Waals surface area (Å²) >= 11 is 6.88. The molecule has 3 nitrogen and oxygen atoms in total. The second-order valence-corrected chi connectivity index (χ2v) is 5.38. The van der Waals surface area contributed by atoms with Crippen LogP contribution in [0.1, 0.15) is 5.56 Å². The van der Waals surface area contributed by atoms with Gasteiger partial charge in [-0.05, 0) is 68.3 Å². The maximum Gasteiger partial charge on any atom is 0.0992 e. The van der Waals surface area contributed by atoms with Gasteiger partial charge in [-0.3, -0.25) is 0 Å². The summed E-state index contributed by atoms with van der Waals surface area (Å²) in [6.45, 7) is 0. The van der Waals surface area contributed by atoms with E-state index in [-0.39, 0.29) is 0 Å². The Hall–Kier alpha value is -1.51. The van der Waals surface area contributed by atoms with Gasteiger partial charge in [-0.1, -0.05) is 0 Å². The minimum absolute atomic E-state index is 0.615. The number of nitrogens with zero attached hydrogens (tertiary/aromatic N) is 1. The van der Waals surface area contributed by atoms with Crippen molar-refractivity contribution < 1.29 is 0 Å². The van der Waals surface area contributed by atoms with E-state index in [1.54, 1.807) is 12.1 Å². The standard InChI is InChI=1S/C13H9Br2N3/c14-10-5-8(7-16)1-3-12(10)18-13-4-2-9(17)6-11(13)15/h1-6,18H,17H2. The molecule has 0 bridgehead atoms. The maximum absolute atomic E-state index is 8.80. The van der Waals surface area contributed by atoms with Crippen LogP contribution >= 0.6 is 31.9 Å². The Morgan fingerprint density at radius 3 is 2.17 bits per heavy atom. The molecule has 0 amide bonds. The van der Waals surface area contributed by atoms with E-state index in [2.05, 4.69) is 43.2 Å². The van der Waals surface area contributed by atoms with Gasteiger partial charge in [0.2, 0.25) is 0 Å². The molecule has 0 saturated carbocycles. The number of hydrogen-bond acceptors (Lipinski definition) is 3. The summed E-state index contributed by atoms with van der Waals surface area (Å²) < 4.78 is 1.73. The lowest BCUT2D eigenvalue weighted by Gasteiger charge is -2.11. The molecule has 0 unspecified atom stereocenters. The zero-order valence-electron chi connectivity index (χ0n) is 9.24. The zero-order chi connectivity index (χ0) is 13.1. The van der Waals surface area contributed by atoms with Gasteiger partial charge in [-0.15, -0.1) is 0 Å². The van der Waals surface area contributed by atoms with E-state index in [9.17, 15) is 0 Å². The Labute approximate surface area is 122 Å². The molecule has 2 aromatic carbocycles. The van der Waals surface area contributed by atoms with Crippen LogP contribution in [0.4, 0.5) is 17.1 Å². The molecule has 0 heterocycles. The molecule has 0 spiro atoms. The largest absolute Gasteiger partial charge is 0.399 e. The Morgan fingerprint density at radius 1 is 1.00 bits per heavy atom. The first kappa shape index (κ1) is 12.9. The molecular formula is C13H9Br2N3. The van der Waals surface area contributed by atoms with Crippen molar-refractivity contribution >= 4 is 48.9 Å². The maximum atomic E-state index is 8.80. The molecule has 0 aliphatic carbocycles. The van der Waals surface area contributed by atoms with E-state index >= 15 is 0 Å². The molecule has 18 heavy (non-hydrogen) atoms. The van der Waals surface area contributed by atoms with Gasteiger partial charge in [0, 0.05) is 14.6 Å². The van der Waals surface area contributed by atoms with Gasteiger partial charge < -0.3 is 11.1 Å². The Balaban J connectivity index is 2.32. The van der Waals surface area contributed by atoms with Crippen LogP contribution in [0.5, 0.6) is 0 Å². The van der Waals surface area contributed by atoms with Crippen molar-refractivity contribution in [2.75, 3.05) is 11.1 Å². The second kappa shape index (κ2) is 5.42. The summed E-state index contributed by atoms with van der Waals surface area (Å²) in [4.78, 5) is 0. The highest BCUT2D eigenvalue weighted by atomic mass is 79.9. The van der Waals surface area contributed by atoms with Crippen molar-refractivity contribution in [1.29, 1.82) is 5.26 Å². The van der Waals surface area contributed by atoms with Crippen molar-refractivity contribution in [3.63, 3.8) is 0 Å². The molecule has 0 aromatic heterocycles. The van der Waals surface area contributed by atoms with Crippen LogP contribution in [0.3, 0.4) is 0 Å². The van der Waals surface area contributed by atoms with Crippen LogP contribution in [-0.4, -0.2) is 0 Å². The predicted molar refractivity (Wildman–Crippen MR) is 80.7 cm³/mol. The Morgan fingerprint density at radius 2 is 1.61 bits per heavy atom. The van der Waals surface area contributed by atoms with E-state index < -0.39 is 0 Å². The number of anilines is 3.